The average Bonchev–Trinajstić information content (AvgIpc) is 2.32. The molecule has 0 aromatic heterocycles. The summed E-state index contributed by atoms with van der Waals surface area (Å²) in [7, 11) is 0. The summed E-state index contributed by atoms with van der Waals surface area (Å²) in [6.45, 7) is 11.3. The van der Waals surface area contributed by atoms with Crippen LogP contribution in [0.5, 0.6) is 5.75 Å². The maximum Gasteiger partial charge on any atom is 0.122 e. The lowest BCUT2D eigenvalue weighted by molar-refractivity contribution is 0.241. The molecule has 0 aliphatic carbocycles. The minimum Gasteiger partial charge on any atom is -0.491 e. The van der Waals surface area contributed by atoms with E-state index in [9.17, 15) is 0 Å². The fourth-order valence-electron chi connectivity index (χ4n) is 2.14. The first-order valence-corrected chi connectivity index (χ1v) is 7.13. The number of benzene rings is 1. The fourth-order valence-corrected chi connectivity index (χ4v) is 2.14. The molecular formula is C17H27NO. The Bertz CT molecular complexity index is 433. The van der Waals surface area contributed by atoms with Crippen molar-refractivity contribution in [1.82, 2.24) is 0 Å². The van der Waals surface area contributed by atoms with Crippen LogP contribution in [-0.2, 0) is 0 Å². The van der Waals surface area contributed by atoms with Crippen LogP contribution >= 0.6 is 0 Å². The van der Waals surface area contributed by atoms with Gasteiger partial charge in [0.05, 0.1) is 6.10 Å². The number of allylic oxidation sites excluding steroid dienone is 1. The first kappa shape index (κ1) is 15.8. The molecule has 2 N–H and O–H groups in total. The predicted molar refractivity (Wildman–Crippen MR) is 83.4 cm³/mol. The van der Waals surface area contributed by atoms with Crippen LogP contribution in [0, 0.1) is 12.8 Å². The second-order valence-corrected chi connectivity index (χ2v) is 5.54. The summed E-state index contributed by atoms with van der Waals surface area (Å²) in [6.07, 6.45) is 3.39. The Morgan fingerprint density at radius 2 is 1.95 bits per heavy atom. The monoisotopic (exact) mass is 261 g/mol. The van der Waals surface area contributed by atoms with Crippen molar-refractivity contribution in [2.45, 2.75) is 47.1 Å². The van der Waals surface area contributed by atoms with E-state index < -0.39 is 0 Å². The van der Waals surface area contributed by atoms with E-state index in [-0.39, 0.29) is 6.10 Å². The molecule has 0 aliphatic rings. The standard InChI is InChI=1S/C17H27NO/c1-12(2)16(7-6-10-18)15-8-9-17(14(5)11-15)19-13(3)4/h7-9,11-13H,6,10,18H2,1-5H3/b16-7+. The fraction of sp³-hybridized carbons (Fsp3) is 0.529. The van der Waals surface area contributed by atoms with Crippen LogP contribution in [0.25, 0.3) is 5.57 Å². The van der Waals surface area contributed by atoms with Gasteiger partial charge in [-0.25, -0.2) is 0 Å². The summed E-state index contributed by atoms with van der Waals surface area (Å²) in [5.41, 5.74) is 9.43. The second kappa shape index (κ2) is 7.34. The summed E-state index contributed by atoms with van der Waals surface area (Å²) in [5.74, 6) is 1.48. The topological polar surface area (TPSA) is 35.2 Å². The zero-order valence-corrected chi connectivity index (χ0v) is 12.9. The third kappa shape index (κ3) is 4.71. The molecule has 0 fully saturated rings. The van der Waals surface area contributed by atoms with Gasteiger partial charge in [-0.2, -0.15) is 0 Å². The largest absolute Gasteiger partial charge is 0.491 e. The first-order valence-electron chi connectivity index (χ1n) is 7.13. The van der Waals surface area contributed by atoms with Crippen molar-refractivity contribution in [2.24, 2.45) is 11.7 Å². The maximum atomic E-state index is 5.78. The van der Waals surface area contributed by atoms with E-state index in [0.717, 1.165) is 12.2 Å². The number of hydrogen-bond donors (Lipinski definition) is 1. The Morgan fingerprint density at radius 1 is 1.26 bits per heavy atom. The Labute approximate surface area is 117 Å². The smallest absolute Gasteiger partial charge is 0.122 e. The summed E-state index contributed by atoms with van der Waals surface area (Å²) in [5, 5.41) is 0. The molecule has 19 heavy (non-hydrogen) atoms. The van der Waals surface area contributed by atoms with Crippen LogP contribution in [0.15, 0.2) is 24.3 Å². The molecule has 0 saturated heterocycles. The highest BCUT2D eigenvalue weighted by atomic mass is 16.5. The van der Waals surface area contributed by atoms with E-state index in [2.05, 4.69) is 45.0 Å². The van der Waals surface area contributed by atoms with Crippen molar-refractivity contribution in [3.63, 3.8) is 0 Å². The molecule has 1 rings (SSSR count). The molecule has 2 nitrogen and oxygen atoms in total. The van der Waals surface area contributed by atoms with Gasteiger partial charge in [0, 0.05) is 0 Å². The highest BCUT2D eigenvalue weighted by Gasteiger charge is 2.09. The molecule has 2 heteroatoms. The van der Waals surface area contributed by atoms with Gasteiger partial charge in [-0.15, -0.1) is 0 Å². The molecule has 0 spiro atoms. The minimum atomic E-state index is 0.210. The van der Waals surface area contributed by atoms with Gasteiger partial charge < -0.3 is 10.5 Å². The Kier molecular flexibility index (Phi) is 6.10. The minimum absolute atomic E-state index is 0.210. The van der Waals surface area contributed by atoms with Gasteiger partial charge in [-0.1, -0.05) is 26.0 Å². The average molecular weight is 261 g/mol. The van der Waals surface area contributed by atoms with Gasteiger partial charge in [-0.3, -0.25) is 0 Å². The summed E-state index contributed by atoms with van der Waals surface area (Å²) in [6, 6.07) is 6.43. The maximum absolute atomic E-state index is 5.78. The van der Waals surface area contributed by atoms with Crippen molar-refractivity contribution in [1.29, 1.82) is 0 Å². The molecule has 1 aromatic carbocycles. The molecule has 0 aliphatic heterocycles. The third-order valence-corrected chi connectivity index (χ3v) is 3.02. The third-order valence-electron chi connectivity index (χ3n) is 3.02. The lowest BCUT2D eigenvalue weighted by Gasteiger charge is -2.16. The second-order valence-electron chi connectivity index (χ2n) is 5.54. The predicted octanol–water partition coefficient (Wildman–Crippen LogP) is 4.17. The van der Waals surface area contributed by atoms with E-state index in [4.69, 9.17) is 10.5 Å². The van der Waals surface area contributed by atoms with Crippen LogP contribution in [0.3, 0.4) is 0 Å². The van der Waals surface area contributed by atoms with E-state index in [1.54, 1.807) is 0 Å². The van der Waals surface area contributed by atoms with Crippen molar-refractivity contribution in [3.05, 3.63) is 35.4 Å². The Hall–Kier alpha value is -1.28. The molecule has 0 heterocycles. The normalized spacial score (nSPS) is 12.3. The molecule has 0 saturated carbocycles. The van der Waals surface area contributed by atoms with Crippen molar-refractivity contribution >= 4 is 5.57 Å². The number of ether oxygens (including phenoxy) is 1. The zero-order valence-electron chi connectivity index (χ0n) is 12.9. The van der Waals surface area contributed by atoms with Crippen LogP contribution in [0.4, 0.5) is 0 Å². The molecule has 1 aromatic rings. The van der Waals surface area contributed by atoms with Gasteiger partial charge in [-0.05, 0) is 68.5 Å². The van der Waals surface area contributed by atoms with Crippen molar-refractivity contribution < 1.29 is 4.74 Å². The number of rotatable bonds is 6. The lowest BCUT2D eigenvalue weighted by atomic mass is 9.93. The quantitative estimate of drug-likeness (QED) is 0.834. The molecule has 0 amide bonds. The van der Waals surface area contributed by atoms with Crippen LogP contribution in [0.1, 0.15) is 45.2 Å². The van der Waals surface area contributed by atoms with Gasteiger partial charge >= 0.3 is 0 Å². The van der Waals surface area contributed by atoms with E-state index in [1.807, 2.05) is 13.8 Å². The lowest BCUT2D eigenvalue weighted by Crippen LogP contribution is -2.07. The molecule has 0 bridgehead atoms. The van der Waals surface area contributed by atoms with E-state index in [0.29, 0.717) is 12.5 Å². The summed E-state index contributed by atoms with van der Waals surface area (Å²) < 4.78 is 5.78. The van der Waals surface area contributed by atoms with Gasteiger partial charge in [0.2, 0.25) is 0 Å². The SMILES string of the molecule is Cc1cc(/C(=C/CCN)C(C)C)ccc1OC(C)C. The molecule has 0 radical (unpaired) electrons. The van der Waals surface area contributed by atoms with E-state index in [1.165, 1.54) is 16.7 Å². The Balaban J connectivity index is 3.03. The van der Waals surface area contributed by atoms with Crippen LogP contribution in [-0.4, -0.2) is 12.6 Å². The first-order chi connectivity index (χ1) is 8.95. The van der Waals surface area contributed by atoms with Gasteiger partial charge in [0.15, 0.2) is 0 Å². The van der Waals surface area contributed by atoms with Crippen molar-refractivity contribution in [3.8, 4) is 5.75 Å². The number of hydrogen-bond acceptors (Lipinski definition) is 2. The Morgan fingerprint density at radius 3 is 2.42 bits per heavy atom. The molecular weight excluding hydrogens is 234 g/mol. The van der Waals surface area contributed by atoms with Crippen LogP contribution in [0.2, 0.25) is 0 Å². The number of aryl methyl sites for hydroxylation is 1. The zero-order chi connectivity index (χ0) is 14.4. The number of nitrogens with two attached hydrogens (primary N) is 1. The van der Waals surface area contributed by atoms with E-state index >= 15 is 0 Å². The van der Waals surface area contributed by atoms with Gasteiger partial charge in [0.1, 0.15) is 5.75 Å². The van der Waals surface area contributed by atoms with Crippen LogP contribution < -0.4 is 10.5 Å². The highest BCUT2D eigenvalue weighted by Crippen LogP contribution is 2.28. The summed E-state index contributed by atoms with van der Waals surface area (Å²) >= 11 is 0. The molecule has 106 valence electrons. The molecule has 0 unspecified atom stereocenters. The van der Waals surface area contributed by atoms with Crippen molar-refractivity contribution in [2.75, 3.05) is 6.54 Å². The molecule has 0 atom stereocenters. The van der Waals surface area contributed by atoms with Gasteiger partial charge in [0.25, 0.3) is 0 Å². The highest BCUT2D eigenvalue weighted by molar-refractivity contribution is 5.68. The summed E-state index contributed by atoms with van der Waals surface area (Å²) in [4.78, 5) is 0.